The Hall–Kier alpha value is -2.38. The SMILES string of the molecule is Cc1cc([C@H]2[C@@H](c3ccccn3)NC(=S)N2c2ccc(Br)cc2)c(C)n1-c1ccc(Cl)cc1Cl. The fraction of sp³-hybridized carbons (Fsp3) is 0.154. The Morgan fingerprint density at radius 3 is 2.44 bits per heavy atom. The normalized spacial score (nSPS) is 17.8. The molecule has 1 aliphatic heterocycles. The summed E-state index contributed by atoms with van der Waals surface area (Å²) >= 11 is 22.2. The molecule has 3 heterocycles. The lowest BCUT2D eigenvalue weighted by Crippen LogP contribution is -2.29. The fourth-order valence-electron chi connectivity index (χ4n) is 4.67. The molecule has 0 amide bonds. The second kappa shape index (κ2) is 9.34. The third-order valence-electron chi connectivity index (χ3n) is 6.14. The van der Waals surface area contributed by atoms with E-state index < -0.39 is 0 Å². The van der Waals surface area contributed by atoms with Crippen LogP contribution in [0, 0.1) is 13.8 Å². The largest absolute Gasteiger partial charge is 0.351 e. The van der Waals surface area contributed by atoms with Crippen LogP contribution in [0.3, 0.4) is 0 Å². The molecular weight excluding hydrogens is 551 g/mol. The number of thiocarbonyl (C=S) groups is 1. The van der Waals surface area contributed by atoms with E-state index in [-0.39, 0.29) is 12.1 Å². The first-order valence-electron chi connectivity index (χ1n) is 10.8. The second-order valence-corrected chi connectivity index (χ2v) is 10.4. The number of hydrogen-bond donors (Lipinski definition) is 1. The third-order valence-corrected chi connectivity index (χ3v) is 7.52. The molecule has 0 aliphatic carbocycles. The van der Waals surface area contributed by atoms with Gasteiger partial charge >= 0.3 is 0 Å². The Bertz CT molecular complexity index is 1370. The highest BCUT2D eigenvalue weighted by Crippen LogP contribution is 2.44. The van der Waals surface area contributed by atoms with E-state index >= 15 is 0 Å². The molecule has 1 N–H and O–H groups in total. The predicted molar refractivity (Wildman–Crippen MR) is 147 cm³/mol. The zero-order valence-corrected chi connectivity index (χ0v) is 22.4. The van der Waals surface area contributed by atoms with Gasteiger partial charge in [-0.25, -0.2) is 0 Å². The average molecular weight is 572 g/mol. The molecule has 1 aliphatic rings. The van der Waals surface area contributed by atoms with Crippen molar-refractivity contribution in [3.05, 3.63) is 110 Å². The van der Waals surface area contributed by atoms with Gasteiger partial charge in [-0.1, -0.05) is 45.2 Å². The van der Waals surface area contributed by atoms with Crippen LogP contribution in [0.5, 0.6) is 0 Å². The van der Waals surface area contributed by atoms with Crippen LogP contribution in [0.25, 0.3) is 5.69 Å². The number of halogens is 3. The Kier molecular flexibility index (Phi) is 6.42. The molecule has 0 radical (unpaired) electrons. The zero-order chi connectivity index (χ0) is 24.0. The number of aromatic nitrogens is 2. The van der Waals surface area contributed by atoms with Gasteiger partial charge in [0.15, 0.2) is 5.11 Å². The molecule has 34 heavy (non-hydrogen) atoms. The molecule has 2 aromatic heterocycles. The maximum Gasteiger partial charge on any atom is 0.174 e. The lowest BCUT2D eigenvalue weighted by Gasteiger charge is -2.28. The van der Waals surface area contributed by atoms with Crippen molar-refractivity contribution in [2.45, 2.75) is 25.9 Å². The van der Waals surface area contributed by atoms with Crippen molar-refractivity contribution >= 4 is 62.1 Å². The van der Waals surface area contributed by atoms with Crippen molar-refractivity contribution in [2.75, 3.05) is 4.90 Å². The smallest absolute Gasteiger partial charge is 0.174 e. The maximum absolute atomic E-state index is 6.60. The van der Waals surface area contributed by atoms with Gasteiger partial charge in [-0.3, -0.25) is 4.98 Å². The number of pyridine rings is 1. The summed E-state index contributed by atoms with van der Waals surface area (Å²) < 4.78 is 3.19. The number of nitrogens with one attached hydrogen (secondary N) is 1. The van der Waals surface area contributed by atoms with Gasteiger partial charge in [0.05, 0.1) is 28.5 Å². The van der Waals surface area contributed by atoms with Gasteiger partial charge in [-0.15, -0.1) is 0 Å². The zero-order valence-electron chi connectivity index (χ0n) is 18.5. The highest BCUT2D eigenvalue weighted by atomic mass is 79.9. The summed E-state index contributed by atoms with van der Waals surface area (Å²) in [5.74, 6) is 0. The number of hydrogen-bond acceptors (Lipinski definition) is 2. The Morgan fingerprint density at radius 2 is 1.76 bits per heavy atom. The van der Waals surface area contributed by atoms with Gasteiger partial charge in [0.2, 0.25) is 0 Å². The fourth-order valence-corrected chi connectivity index (χ4v) is 5.77. The minimum absolute atomic E-state index is 0.102. The number of rotatable bonds is 4. The first-order chi connectivity index (χ1) is 16.3. The number of benzene rings is 2. The second-order valence-electron chi connectivity index (χ2n) is 8.23. The summed E-state index contributed by atoms with van der Waals surface area (Å²) in [6.45, 7) is 4.20. The van der Waals surface area contributed by atoms with E-state index in [1.807, 2.05) is 48.7 Å². The van der Waals surface area contributed by atoms with E-state index in [2.05, 4.69) is 67.7 Å². The highest BCUT2D eigenvalue weighted by molar-refractivity contribution is 9.10. The van der Waals surface area contributed by atoms with Crippen LogP contribution in [0.4, 0.5) is 5.69 Å². The van der Waals surface area contributed by atoms with Crippen molar-refractivity contribution in [2.24, 2.45) is 0 Å². The summed E-state index contributed by atoms with van der Waals surface area (Å²) in [5.41, 5.74) is 6.15. The summed E-state index contributed by atoms with van der Waals surface area (Å²) in [7, 11) is 0. The number of aryl methyl sites for hydroxylation is 1. The van der Waals surface area contributed by atoms with E-state index in [0.717, 1.165) is 38.5 Å². The quantitative estimate of drug-likeness (QED) is 0.254. The molecule has 5 rings (SSSR count). The van der Waals surface area contributed by atoms with Crippen LogP contribution in [0.1, 0.15) is 34.7 Å². The molecule has 0 spiro atoms. The van der Waals surface area contributed by atoms with E-state index in [0.29, 0.717) is 15.2 Å². The molecule has 1 saturated heterocycles. The first-order valence-corrected chi connectivity index (χ1v) is 12.7. The topological polar surface area (TPSA) is 33.1 Å². The maximum atomic E-state index is 6.60. The molecule has 4 aromatic rings. The van der Waals surface area contributed by atoms with Crippen molar-refractivity contribution in [1.82, 2.24) is 14.9 Å². The lowest BCUT2D eigenvalue weighted by molar-refractivity contribution is 0.565. The number of nitrogens with zero attached hydrogens (tertiary/aromatic N) is 3. The Labute approximate surface area is 222 Å². The molecule has 0 unspecified atom stereocenters. The molecule has 2 aromatic carbocycles. The molecule has 172 valence electrons. The van der Waals surface area contributed by atoms with Gasteiger partial charge < -0.3 is 14.8 Å². The first kappa shape index (κ1) is 23.4. The van der Waals surface area contributed by atoms with Crippen LogP contribution < -0.4 is 10.2 Å². The van der Waals surface area contributed by atoms with Crippen LogP contribution in [-0.4, -0.2) is 14.7 Å². The van der Waals surface area contributed by atoms with Crippen LogP contribution >= 0.6 is 51.3 Å². The van der Waals surface area contributed by atoms with Crippen LogP contribution in [-0.2, 0) is 0 Å². The molecule has 4 nitrogen and oxygen atoms in total. The Morgan fingerprint density at radius 1 is 1.00 bits per heavy atom. The van der Waals surface area contributed by atoms with Crippen molar-refractivity contribution in [1.29, 1.82) is 0 Å². The molecule has 8 heteroatoms. The van der Waals surface area contributed by atoms with Gasteiger partial charge in [-0.2, -0.15) is 0 Å². The number of anilines is 1. The molecule has 0 saturated carbocycles. The summed E-state index contributed by atoms with van der Waals surface area (Å²) in [4.78, 5) is 6.83. The summed E-state index contributed by atoms with van der Waals surface area (Å²) in [5, 5.41) is 5.40. The van der Waals surface area contributed by atoms with E-state index in [1.54, 1.807) is 6.07 Å². The molecular formula is C26H21BrCl2N4S. The van der Waals surface area contributed by atoms with Crippen LogP contribution in [0.15, 0.2) is 77.4 Å². The monoisotopic (exact) mass is 570 g/mol. The third kappa shape index (κ3) is 4.13. The molecule has 0 bridgehead atoms. The van der Waals surface area contributed by atoms with Crippen molar-refractivity contribution in [3.8, 4) is 5.69 Å². The minimum Gasteiger partial charge on any atom is -0.351 e. The van der Waals surface area contributed by atoms with E-state index in [4.69, 9.17) is 35.4 Å². The molecule has 1 fully saturated rings. The predicted octanol–water partition coefficient (Wildman–Crippen LogP) is 7.74. The van der Waals surface area contributed by atoms with Gasteiger partial charge in [0.1, 0.15) is 0 Å². The van der Waals surface area contributed by atoms with Gasteiger partial charge in [-0.05, 0) is 92.3 Å². The molecule has 2 atom stereocenters. The van der Waals surface area contributed by atoms with Crippen molar-refractivity contribution < 1.29 is 0 Å². The summed E-state index contributed by atoms with van der Waals surface area (Å²) in [6.07, 6.45) is 1.82. The average Bonchev–Trinajstić information content (AvgIpc) is 3.31. The Balaban J connectivity index is 1.69. The van der Waals surface area contributed by atoms with E-state index in [9.17, 15) is 0 Å². The van der Waals surface area contributed by atoms with Gasteiger partial charge in [0, 0.05) is 32.8 Å². The van der Waals surface area contributed by atoms with Gasteiger partial charge in [0.25, 0.3) is 0 Å². The minimum atomic E-state index is -0.119. The van der Waals surface area contributed by atoms with Crippen LogP contribution in [0.2, 0.25) is 10.0 Å². The standard InChI is InChI=1S/C26H21BrCl2N4S/c1-15-13-20(16(2)32(15)23-11-8-18(28)14-21(23)29)25-24(22-5-3-4-12-30-22)31-26(34)33(25)19-9-6-17(27)7-10-19/h3-14,24-25H,1-2H3,(H,31,34)/t24-,25+/m1/s1. The van der Waals surface area contributed by atoms with E-state index in [1.165, 1.54) is 0 Å². The lowest BCUT2D eigenvalue weighted by atomic mass is 9.96. The highest BCUT2D eigenvalue weighted by Gasteiger charge is 2.42. The summed E-state index contributed by atoms with van der Waals surface area (Å²) in [6, 6.07) is 21.7. The van der Waals surface area contributed by atoms with Crippen molar-refractivity contribution in [3.63, 3.8) is 0 Å².